The molecule has 1 heterocycles. The van der Waals surface area contributed by atoms with E-state index < -0.39 is 23.9 Å². The molecule has 0 unspecified atom stereocenters. The van der Waals surface area contributed by atoms with Gasteiger partial charge in [-0.3, -0.25) is 20.0 Å². The Kier molecular flexibility index (Phi) is 5.25. The average Bonchev–Trinajstić information content (AvgIpc) is 3.01. The molecule has 0 aliphatic rings. The van der Waals surface area contributed by atoms with E-state index in [1.807, 2.05) is 0 Å². The summed E-state index contributed by atoms with van der Waals surface area (Å²) in [5, 5.41) is 7.11. The summed E-state index contributed by atoms with van der Waals surface area (Å²) >= 11 is 0. The number of nitrogens with one attached hydrogen (secondary N) is 2. The number of hydrogen-bond acceptors (Lipinski definition) is 5. The van der Waals surface area contributed by atoms with Crippen LogP contribution in [-0.4, -0.2) is 52.6 Å². The molecule has 1 aromatic heterocycles. The summed E-state index contributed by atoms with van der Waals surface area (Å²) in [5.74, 6) is -2.56. The smallest absolute Gasteiger partial charge is 0.451 e. The number of aromatic nitrogens is 3. The van der Waals surface area contributed by atoms with Gasteiger partial charge in [-0.15, -0.1) is 5.10 Å². The van der Waals surface area contributed by atoms with Crippen LogP contribution in [0.2, 0.25) is 0 Å². The molecule has 0 fully saturated rings. The molecule has 2 aromatic rings. The van der Waals surface area contributed by atoms with Crippen molar-refractivity contribution < 1.29 is 27.5 Å². The number of amides is 2. The number of alkyl halides is 3. The fourth-order valence-electron chi connectivity index (χ4n) is 1.62. The molecule has 0 radical (unpaired) electrons. The van der Waals surface area contributed by atoms with E-state index in [0.29, 0.717) is 0 Å². The molecule has 0 aliphatic carbocycles. The summed E-state index contributed by atoms with van der Waals surface area (Å²) in [7, 11) is 3.14. The topological polar surface area (TPSA) is 100 Å². The van der Waals surface area contributed by atoms with Gasteiger partial charge in [0.25, 0.3) is 11.8 Å². The fourth-order valence-corrected chi connectivity index (χ4v) is 1.62. The minimum Gasteiger partial charge on any atom is -0.484 e. The maximum absolute atomic E-state index is 12.4. The molecule has 0 saturated heterocycles. The van der Waals surface area contributed by atoms with Crippen LogP contribution in [0.4, 0.5) is 19.1 Å². The first-order valence-corrected chi connectivity index (χ1v) is 6.91. The first-order valence-electron chi connectivity index (χ1n) is 6.91. The fraction of sp³-hybridized carbons (Fsp3) is 0.286. The molecule has 1 aromatic carbocycles. The van der Waals surface area contributed by atoms with Crippen LogP contribution in [-0.2, 0) is 11.0 Å². The van der Waals surface area contributed by atoms with Crippen molar-refractivity contribution in [3.05, 3.63) is 35.7 Å². The van der Waals surface area contributed by atoms with Gasteiger partial charge < -0.3 is 9.64 Å². The van der Waals surface area contributed by atoms with E-state index in [9.17, 15) is 22.8 Å². The van der Waals surface area contributed by atoms with Gasteiger partial charge in [-0.25, -0.2) is 0 Å². The van der Waals surface area contributed by atoms with Crippen molar-refractivity contribution >= 4 is 17.8 Å². The Hall–Kier alpha value is -3.11. The monoisotopic (exact) mass is 357 g/mol. The van der Waals surface area contributed by atoms with Crippen LogP contribution < -0.4 is 10.1 Å². The molecule has 2 N–H and O–H groups in total. The number of carbonyl (C=O) groups is 2. The highest BCUT2D eigenvalue weighted by atomic mass is 19.4. The highest BCUT2D eigenvalue weighted by Crippen LogP contribution is 2.26. The number of rotatable bonds is 5. The summed E-state index contributed by atoms with van der Waals surface area (Å²) in [6.07, 6.45) is -4.69. The molecule has 25 heavy (non-hydrogen) atoms. The molecule has 8 nitrogen and oxygen atoms in total. The van der Waals surface area contributed by atoms with Crippen molar-refractivity contribution in [1.29, 1.82) is 0 Å². The summed E-state index contributed by atoms with van der Waals surface area (Å²) < 4.78 is 42.5. The molecule has 11 heteroatoms. The van der Waals surface area contributed by atoms with Gasteiger partial charge in [0.2, 0.25) is 11.8 Å². The third-order valence-electron chi connectivity index (χ3n) is 2.94. The Morgan fingerprint density at radius 2 is 2.04 bits per heavy atom. The van der Waals surface area contributed by atoms with Gasteiger partial charge >= 0.3 is 6.18 Å². The number of nitrogens with zero attached hydrogens (tertiary/aromatic N) is 3. The molecule has 0 bridgehead atoms. The number of aromatic amines is 1. The Bertz CT molecular complexity index is 773. The molecule has 0 aliphatic heterocycles. The van der Waals surface area contributed by atoms with Crippen LogP contribution in [0.5, 0.6) is 5.75 Å². The van der Waals surface area contributed by atoms with Gasteiger partial charge in [-0.1, -0.05) is 6.07 Å². The molecule has 2 rings (SSSR count). The lowest BCUT2D eigenvalue weighted by Gasteiger charge is -2.11. The Morgan fingerprint density at radius 1 is 1.32 bits per heavy atom. The second kappa shape index (κ2) is 7.20. The largest absolute Gasteiger partial charge is 0.484 e. The summed E-state index contributed by atoms with van der Waals surface area (Å²) in [5.41, 5.74) is 0.105. The normalized spacial score (nSPS) is 11.1. The first kappa shape index (κ1) is 18.2. The third-order valence-corrected chi connectivity index (χ3v) is 2.94. The molecule has 0 spiro atoms. The van der Waals surface area contributed by atoms with Gasteiger partial charge in [0.1, 0.15) is 5.75 Å². The maximum atomic E-state index is 12.4. The Labute approximate surface area is 140 Å². The van der Waals surface area contributed by atoms with Gasteiger partial charge in [0, 0.05) is 19.7 Å². The number of halogens is 3. The molecule has 0 atom stereocenters. The lowest BCUT2D eigenvalue weighted by atomic mass is 10.2. The number of likely N-dealkylation sites (N-methyl/N-ethyl adjacent to an activating group) is 1. The van der Waals surface area contributed by atoms with E-state index in [1.165, 1.54) is 29.2 Å². The molecular weight excluding hydrogens is 343 g/mol. The SMILES string of the molecule is CN(C)C(=O)COc1cccc(C(=O)Nc2n[nH]c(C(F)(F)F)n2)c1. The molecule has 134 valence electrons. The highest BCUT2D eigenvalue weighted by molar-refractivity contribution is 6.03. The number of H-pyrrole nitrogens is 1. The second-order valence-corrected chi connectivity index (χ2v) is 5.06. The zero-order chi connectivity index (χ0) is 18.6. The highest BCUT2D eigenvalue weighted by Gasteiger charge is 2.35. The van der Waals surface area contributed by atoms with E-state index in [2.05, 4.69) is 15.4 Å². The number of benzene rings is 1. The summed E-state index contributed by atoms with van der Waals surface area (Å²) in [4.78, 5) is 28.0. The van der Waals surface area contributed by atoms with E-state index in [4.69, 9.17) is 4.74 Å². The zero-order valence-corrected chi connectivity index (χ0v) is 13.2. The minimum atomic E-state index is -4.69. The number of anilines is 1. The van der Waals surface area contributed by atoms with Crippen molar-refractivity contribution in [2.75, 3.05) is 26.0 Å². The van der Waals surface area contributed by atoms with E-state index in [0.717, 1.165) is 0 Å². The lowest BCUT2D eigenvalue weighted by molar-refractivity contribution is -0.144. The predicted molar refractivity (Wildman–Crippen MR) is 80.0 cm³/mol. The maximum Gasteiger partial charge on any atom is 0.451 e. The summed E-state index contributed by atoms with van der Waals surface area (Å²) in [6, 6.07) is 5.81. The zero-order valence-electron chi connectivity index (χ0n) is 13.2. The van der Waals surface area contributed by atoms with E-state index in [1.54, 1.807) is 19.2 Å². The molecule has 2 amide bonds. The average molecular weight is 357 g/mol. The van der Waals surface area contributed by atoms with Crippen LogP contribution in [0.25, 0.3) is 0 Å². The van der Waals surface area contributed by atoms with Crippen molar-refractivity contribution in [3.8, 4) is 5.75 Å². The van der Waals surface area contributed by atoms with Crippen molar-refractivity contribution in [3.63, 3.8) is 0 Å². The Balaban J connectivity index is 2.03. The second-order valence-electron chi connectivity index (χ2n) is 5.06. The number of carbonyl (C=O) groups excluding carboxylic acids is 2. The number of ether oxygens (including phenoxy) is 1. The number of hydrogen-bond donors (Lipinski definition) is 2. The summed E-state index contributed by atoms with van der Waals surface area (Å²) in [6.45, 7) is -0.214. The first-order chi connectivity index (χ1) is 11.7. The van der Waals surface area contributed by atoms with E-state index in [-0.39, 0.29) is 23.8 Å². The molecular formula is C14H14F3N5O3. The predicted octanol–water partition coefficient (Wildman–Crippen LogP) is 1.54. The van der Waals surface area contributed by atoms with E-state index >= 15 is 0 Å². The van der Waals surface area contributed by atoms with Crippen LogP contribution in [0.15, 0.2) is 24.3 Å². The van der Waals surface area contributed by atoms with Crippen LogP contribution in [0, 0.1) is 0 Å². The molecule has 0 saturated carbocycles. The minimum absolute atomic E-state index is 0.105. The van der Waals surface area contributed by atoms with Crippen molar-refractivity contribution in [2.24, 2.45) is 0 Å². The van der Waals surface area contributed by atoms with Gasteiger partial charge in [0.15, 0.2) is 6.61 Å². The van der Waals surface area contributed by atoms with Gasteiger partial charge in [0.05, 0.1) is 0 Å². The van der Waals surface area contributed by atoms with Crippen LogP contribution in [0.3, 0.4) is 0 Å². The van der Waals surface area contributed by atoms with Crippen molar-refractivity contribution in [1.82, 2.24) is 20.1 Å². The lowest BCUT2D eigenvalue weighted by Crippen LogP contribution is -2.27. The van der Waals surface area contributed by atoms with Crippen molar-refractivity contribution in [2.45, 2.75) is 6.18 Å². The van der Waals surface area contributed by atoms with Crippen LogP contribution >= 0.6 is 0 Å². The Morgan fingerprint density at radius 3 is 2.64 bits per heavy atom. The van der Waals surface area contributed by atoms with Crippen LogP contribution in [0.1, 0.15) is 16.2 Å². The quantitative estimate of drug-likeness (QED) is 0.846. The van der Waals surface area contributed by atoms with Gasteiger partial charge in [-0.2, -0.15) is 18.2 Å². The third kappa shape index (κ3) is 4.93. The van der Waals surface area contributed by atoms with Gasteiger partial charge in [-0.05, 0) is 18.2 Å². The standard InChI is InChI=1S/C14H14F3N5O3/c1-22(2)10(23)7-25-9-5-3-4-8(6-9)11(24)18-13-19-12(20-21-13)14(15,16)17/h3-6H,7H2,1-2H3,(H2,18,19,20,21,24).